The number of benzene rings is 1. The van der Waals surface area contributed by atoms with Crippen molar-refractivity contribution in [2.45, 2.75) is 19.4 Å². The number of ether oxygens (including phenoxy) is 3. The largest absolute Gasteiger partial charge is 0.482 e. The van der Waals surface area contributed by atoms with Crippen LogP contribution in [0, 0.1) is 6.92 Å². The van der Waals surface area contributed by atoms with Gasteiger partial charge in [-0.25, -0.2) is 14.4 Å². The minimum absolute atomic E-state index is 0.251. The average Bonchev–Trinajstić information content (AvgIpc) is 2.90. The molecule has 1 aromatic heterocycles. The molecule has 0 saturated carbocycles. The molecule has 7 nitrogen and oxygen atoms in total. The smallest absolute Gasteiger partial charge is 0.347 e. The van der Waals surface area contributed by atoms with Crippen LogP contribution in [0.15, 0.2) is 33.5 Å². The van der Waals surface area contributed by atoms with Crippen LogP contribution in [0.2, 0.25) is 0 Å². The van der Waals surface area contributed by atoms with E-state index in [0.717, 1.165) is 10.9 Å². The van der Waals surface area contributed by atoms with E-state index in [0.29, 0.717) is 17.8 Å². The summed E-state index contributed by atoms with van der Waals surface area (Å²) in [4.78, 5) is 34.3. The Morgan fingerprint density at radius 2 is 2.13 bits per heavy atom. The van der Waals surface area contributed by atoms with Crippen molar-refractivity contribution in [2.24, 2.45) is 0 Å². The van der Waals surface area contributed by atoms with Gasteiger partial charge >= 0.3 is 17.6 Å². The van der Waals surface area contributed by atoms with Crippen LogP contribution in [0.25, 0.3) is 11.0 Å². The Balaban J connectivity index is 1.66. The molecule has 0 spiro atoms. The molecule has 2 aromatic rings. The second-order valence-electron chi connectivity index (χ2n) is 5.13. The number of hydrogen-bond acceptors (Lipinski definition) is 7. The summed E-state index contributed by atoms with van der Waals surface area (Å²) < 4.78 is 20.1. The van der Waals surface area contributed by atoms with Crippen LogP contribution < -0.4 is 10.4 Å². The van der Waals surface area contributed by atoms with Crippen molar-refractivity contribution in [3.05, 3.63) is 40.2 Å². The van der Waals surface area contributed by atoms with Crippen LogP contribution in [-0.2, 0) is 19.1 Å². The number of cyclic esters (lactones) is 1. The first kappa shape index (κ1) is 15.1. The maximum atomic E-state index is 11.7. The Morgan fingerprint density at radius 1 is 1.30 bits per heavy atom. The van der Waals surface area contributed by atoms with Gasteiger partial charge in [0.1, 0.15) is 11.3 Å². The minimum Gasteiger partial charge on any atom is -0.482 e. The van der Waals surface area contributed by atoms with Gasteiger partial charge in [-0.2, -0.15) is 0 Å². The lowest BCUT2D eigenvalue weighted by atomic mass is 10.1. The van der Waals surface area contributed by atoms with E-state index in [-0.39, 0.29) is 13.2 Å². The van der Waals surface area contributed by atoms with Gasteiger partial charge in [0.2, 0.25) is 6.10 Å². The lowest BCUT2D eigenvalue weighted by molar-refractivity contribution is -0.161. The molecule has 0 radical (unpaired) electrons. The van der Waals surface area contributed by atoms with Gasteiger partial charge in [0.05, 0.1) is 6.61 Å². The Hall–Kier alpha value is -2.83. The Morgan fingerprint density at radius 3 is 2.87 bits per heavy atom. The Labute approximate surface area is 130 Å². The van der Waals surface area contributed by atoms with Gasteiger partial charge in [0.25, 0.3) is 0 Å². The van der Waals surface area contributed by atoms with Gasteiger partial charge in [0, 0.05) is 23.9 Å². The van der Waals surface area contributed by atoms with Gasteiger partial charge in [-0.1, -0.05) is 0 Å². The van der Waals surface area contributed by atoms with Crippen molar-refractivity contribution in [3.8, 4) is 5.75 Å². The summed E-state index contributed by atoms with van der Waals surface area (Å²) in [6, 6.07) is 6.33. The highest BCUT2D eigenvalue weighted by Gasteiger charge is 2.30. The molecule has 1 fully saturated rings. The Kier molecular flexibility index (Phi) is 4.01. The zero-order valence-corrected chi connectivity index (χ0v) is 12.4. The molecule has 1 aliphatic heterocycles. The number of carbonyl (C=O) groups is 2. The summed E-state index contributed by atoms with van der Waals surface area (Å²) in [5.74, 6) is -0.849. The summed E-state index contributed by atoms with van der Waals surface area (Å²) in [6.07, 6.45) is -0.506. The zero-order chi connectivity index (χ0) is 16.4. The lowest BCUT2D eigenvalue weighted by Gasteiger charge is -2.10. The number of rotatable bonds is 4. The molecule has 23 heavy (non-hydrogen) atoms. The van der Waals surface area contributed by atoms with E-state index in [1.165, 1.54) is 12.1 Å². The van der Waals surface area contributed by atoms with Gasteiger partial charge in [-0.3, -0.25) is 0 Å². The summed E-state index contributed by atoms with van der Waals surface area (Å²) in [7, 11) is 0. The highest BCUT2D eigenvalue weighted by molar-refractivity contribution is 5.82. The van der Waals surface area contributed by atoms with E-state index in [2.05, 4.69) is 0 Å². The maximum absolute atomic E-state index is 11.7. The van der Waals surface area contributed by atoms with E-state index in [4.69, 9.17) is 18.6 Å². The number of carbonyl (C=O) groups excluding carboxylic acids is 2. The van der Waals surface area contributed by atoms with Gasteiger partial charge < -0.3 is 18.6 Å². The predicted octanol–water partition coefficient (Wildman–Crippen LogP) is 1.34. The molecule has 1 saturated heterocycles. The normalized spacial score (nSPS) is 17.1. The fraction of sp³-hybridized carbons (Fsp3) is 0.312. The van der Waals surface area contributed by atoms with Crippen molar-refractivity contribution >= 4 is 22.9 Å². The van der Waals surface area contributed by atoms with Gasteiger partial charge in [-0.05, 0) is 24.6 Å². The molecule has 0 N–H and O–H groups in total. The highest BCUT2D eigenvalue weighted by atomic mass is 16.6. The van der Waals surface area contributed by atoms with Crippen molar-refractivity contribution in [1.29, 1.82) is 0 Å². The highest BCUT2D eigenvalue weighted by Crippen LogP contribution is 2.22. The third kappa shape index (κ3) is 3.33. The van der Waals surface area contributed by atoms with E-state index in [9.17, 15) is 14.4 Å². The molecule has 1 atom stereocenters. The van der Waals surface area contributed by atoms with E-state index >= 15 is 0 Å². The zero-order valence-electron chi connectivity index (χ0n) is 12.4. The van der Waals surface area contributed by atoms with Crippen molar-refractivity contribution in [3.63, 3.8) is 0 Å². The standard InChI is InChI=1S/C16H14O7/c1-9-6-14(17)23-13-7-10(2-3-11(9)13)21-8-15(18)22-12-4-5-20-16(12)19/h2-3,6-7,12H,4-5,8H2,1H3/t12-/m0/s1. The SMILES string of the molecule is Cc1cc(=O)oc2cc(OCC(=O)O[C@H]3CCOC3=O)ccc12. The van der Waals surface area contributed by atoms with Gasteiger partial charge in [0.15, 0.2) is 6.61 Å². The fourth-order valence-corrected chi connectivity index (χ4v) is 2.31. The lowest BCUT2D eigenvalue weighted by Crippen LogP contribution is -2.26. The van der Waals surface area contributed by atoms with Crippen LogP contribution in [0.5, 0.6) is 5.75 Å². The molecular weight excluding hydrogens is 304 g/mol. The second kappa shape index (κ2) is 6.12. The first-order chi connectivity index (χ1) is 11.0. The van der Waals surface area contributed by atoms with Crippen molar-refractivity contribution < 1.29 is 28.2 Å². The molecule has 1 aliphatic rings. The van der Waals surface area contributed by atoms with Gasteiger partial charge in [-0.15, -0.1) is 0 Å². The molecule has 0 aliphatic carbocycles. The van der Waals surface area contributed by atoms with Crippen molar-refractivity contribution in [1.82, 2.24) is 0 Å². The van der Waals surface area contributed by atoms with E-state index in [1.807, 2.05) is 0 Å². The first-order valence-electron chi connectivity index (χ1n) is 7.06. The quantitative estimate of drug-likeness (QED) is 0.620. The van der Waals surface area contributed by atoms with E-state index < -0.39 is 23.7 Å². The van der Waals surface area contributed by atoms with Crippen LogP contribution in [-0.4, -0.2) is 31.3 Å². The van der Waals surface area contributed by atoms with Crippen LogP contribution in [0.3, 0.4) is 0 Å². The summed E-state index contributed by atoms with van der Waals surface area (Å²) in [5.41, 5.74) is 0.716. The Bertz CT molecular complexity index is 821. The molecule has 0 amide bonds. The van der Waals surface area contributed by atoms with Crippen LogP contribution >= 0.6 is 0 Å². The minimum atomic E-state index is -0.858. The molecule has 2 heterocycles. The molecule has 3 rings (SSSR count). The molecular formula is C16H14O7. The average molecular weight is 318 g/mol. The molecule has 0 unspecified atom stereocenters. The number of aryl methyl sites for hydroxylation is 1. The summed E-state index contributed by atoms with van der Waals surface area (Å²) in [5, 5.41) is 0.785. The topological polar surface area (TPSA) is 92.0 Å². The third-order valence-electron chi connectivity index (χ3n) is 3.44. The van der Waals surface area contributed by atoms with E-state index in [1.54, 1.807) is 19.1 Å². The third-order valence-corrected chi connectivity index (χ3v) is 3.44. The number of esters is 2. The first-order valence-corrected chi connectivity index (χ1v) is 7.06. The maximum Gasteiger partial charge on any atom is 0.347 e. The fourth-order valence-electron chi connectivity index (χ4n) is 2.31. The van der Waals surface area contributed by atoms with Crippen molar-refractivity contribution in [2.75, 3.05) is 13.2 Å². The molecule has 1 aromatic carbocycles. The number of fused-ring (bicyclic) bond motifs is 1. The van der Waals surface area contributed by atoms with Crippen LogP contribution in [0.4, 0.5) is 0 Å². The summed E-state index contributed by atoms with van der Waals surface area (Å²) >= 11 is 0. The monoisotopic (exact) mass is 318 g/mol. The molecule has 7 heteroatoms. The number of hydrogen-bond donors (Lipinski definition) is 0. The summed E-state index contributed by atoms with van der Waals surface area (Å²) in [6.45, 7) is 1.70. The predicted molar refractivity (Wildman–Crippen MR) is 78.2 cm³/mol. The molecule has 0 bridgehead atoms. The molecule has 120 valence electrons. The second-order valence-corrected chi connectivity index (χ2v) is 5.13. The van der Waals surface area contributed by atoms with Crippen LogP contribution in [0.1, 0.15) is 12.0 Å².